The van der Waals surface area contributed by atoms with Crippen LogP contribution < -0.4 is 16.2 Å². The molecule has 0 saturated carbocycles. The van der Waals surface area contributed by atoms with Gasteiger partial charge in [0.1, 0.15) is 23.0 Å². The van der Waals surface area contributed by atoms with E-state index in [1.807, 2.05) is 67.6 Å². The summed E-state index contributed by atoms with van der Waals surface area (Å²) in [4.78, 5) is 29.3. The molecule has 14 heteroatoms. The lowest BCUT2D eigenvalue weighted by atomic mass is 9.90. The molecule has 6 heterocycles. The molecule has 6 aromatic heterocycles. The molecule has 0 spiro atoms. The molecule has 248 valence electrons. The van der Waals surface area contributed by atoms with E-state index < -0.39 is 7.12 Å². The second kappa shape index (κ2) is 15.5. The Morgan fingerprint density at radius 1 is 0.620 bits per heavy atom. The van der Waals surface area contributed by atoms with Crippen LogP contribution in [0.1, 0.15) is 9.75 Å². The number of nitrogens with zero attached hydrogens (tertiary/aromatic N) is 6. The summed E-state index contributed by atoms with van der Waals surface area (Å²) in [6.45, 7) is 4.01. The van der Waals surface area contributed by atoms with Gasteiger partial charge in [0, 0.05) is 48.8 Å². The Balaban J connectivity index is 0.000000142. The van der Waals surface area contributed by atoms with Crippen LogP contribution in [0, 0.1) is 13.8 Å². The summed E-state index contributed by atoms with van der Waals surface area (Å²) >= 11 is 9.13. The van der Waals surface area contributed by atoms with Crippen molar-refractivity contribution in [3.63, 3.8) is 0 Å². The number of fused-ring (bicyclic) bond motifs is 2. The van der Waals surface area contributed by atoms with E-state index in [9.17, 15) is 0 Å². The van der Waals surface area contributed by atoms with Crippen molar-refractivity contribution in [2.75, 3.05) is 11.5 Å². The largest absolute Gasteiger partial charge is 0.499 e. The van der Waals surface area contributed by atoms with Gasteiger partial charge in [0.15, 0.2) is 5.15 Å². The zero-order valence-corrected chi connectivity index (χ0v) is 29.3. The van der Waals surface area contributed by atoms with Crippen molar-refractivity contribution < 1.29 is 10.0 Å². The van der Waals surface area contributed by atoms with Gasteiger partial charge in [-0.3, -0.25) is 15.0 Å². The van der Waals surface area contributed by atoms with Crippen molar-refractivity contribution in [1.82, 2.24) is 29.9 Å². The molecule has 0 fully saturated rings. The highest BCUT2D eigenvalue weighted by atomic mass is 35.5. The first kappa shape index (κ1) is 34.6. The lowest BCUT2D eigenvalue weighted by molar-refractivity contribution is 0.427. The normalized spacial score (nSPS) is 10.7. The topological polar surface area (TPSA) is 170 Å². The van der Waals surface area contributed by atoms with Crippen LogP contribution >= 0.6 is 34.3 Å². The van der Waals surface area contributed by atoms with Gasteiger partial charge >= 0.3 is 7.12 Å². The number of benzene rings is 2. The van der Waals surface area contributed by atoms with Gasteiger partial charge in [-0.05, 0) is 68.4 Å². The van der Waals surface area contributed by atoms with Crippen LogP contribution in [0.25, 0.3) is 54.9 Å². The first-order chi connectivity index (χ1) is 24.1. The Labute approximate surface area is 301 Å². The Morgan fingerprint density at radius 3 is 1.70 bits per heavy atom. The Morgan fingerprint density at radius 2 is 1.18 bits per heavy atom. The maximum atomic E-state index is 8.60. The molecular weight excluding hydrogens is 687 g/mol. The van der Waals surface area contributed by atoms with Gasteiger partial charge in [-0.2, -0.15) is 0 Å². The monoisotopic (exact) mass is 716 g/mol. The third kappa shape index (κ3) is 8.28. The first-order valence-electron chi connectivity index (χ1n) is 15.2. The number of aryl methyl sites for hydroxylation is 2. The molecule has 2 aromatic carbocycles. The van der Waals surface area contributed by atoms with E-state index in [0.717, 1.165) is 54.1 Å². The van der Waals surface area contributed by atoms with E-state index in [-0.39, 0.29) is 0 Å². The maximum Gasteiger partial charge on any atom is 0.499 e. The molecular formula is C36H30BClN8O2S2. The quantitative estimate of drug-likeness (QED) is 0.139. The van der Waals surface area contributed by atoms with Crippen molar-refractivity contribution in [3.05, 3.63) is 125 Å². The zero-order valence-electron chi connectivity index (χ0n) is 26.9. The number of nitrogens with two attached hydrogens (primary N) is 2. The summed E-state index contributed by atoms with van der Waals surface area (Å²) < 4.78 is 0.604. The fraction of sp³-hybridized carbons (Fsp3) is 0.0556. The smallest absolute Gasteiger partial charge is 0.423 e. The third-order valence-electron chi connectivity index (χ3n) is 7.28. The minimum Gasteiger partial charge on any atom is -0.423 e. The van der Waals surface area contributed by atoms with E-state index in [1.165, 1.54) is 22.4 Å². The predicted molar refractivity (Wildman–Crippen MR) is 206 cm³/mol. The van der Waals surface area contributed by atoms with Gasteiger partial charge in [0.25, 0.3) is 0 Å². The molecule has 10 nitrogen and oxygen atoms in total. The SMILES string of the molecule is Cc1ccc(-c2nc(N)cnc2-c2ccc3ncccc3c2)s1.Cc1ccc(B(O)O)s1.Nc1cnc(-c2ccc3ncccc3c2)c(Cl)n1. The maximum absolute atomic E-state index is 8.60. The molecule has 50 heavy (non-hydrogen) atoms. The van der Waals surface area contributed by atoms with Gasteiger partial charge in [-0.25, -0.2) is 15.0 Å². The minimum absolute atomic E-state index is 0.304. The van der Waals surface area contributed by atoms with Gasteiger partial charge in [0.2, 0.25) is 0 Å². The molecule has 6 N–H and O–H groups in total. The summed E-state index contributed by atoms with van der Waals surface area (Å²) in [5.74, 6) is 0.739. The van der Waals surface area contributed by atoms with Crippen LogP contribution in [0.5, 0.6) is 0 Å². The summed E-state index contributed by atoms with van der Waals surface area (Å²) in [6, 6.07) is 27.5. The number of aromatic nitrogens is 6. The minimum atomic E-state index is -1.30. The molecule has 0 unspecified atom stereocenters. The van der Waals surface area contributed by atoms with Crippen molar-refractivity contribution in [3.8, 4) is 33.1 Å². The van der Waals surface area contributed by atoms with E-state index in [2.05, 4.69) is 55.0 Å². The van der Waals surface area contributed by atoms with Crippen LogP contribution in [-0.4, -0.2) is 47.1 Å². The summed E-state index contributed by atoms with van der Waals surface area (Å²) in [5.41, 5.74) is 17.5. The predicted octanol–water partition coefficient (Wildman–Crippen LogP) is 6.97. The fourth-order valence-electron chi connectivity index (χ4n) is 4.96. The van der Waals surface area contributed by atoms with Gasteiger partial charge in [-0.1, -0.05) is 41.9 Å². The van der Waals surface area contributed by atoms with E-state index in [0.29, 0.717) is 27.3 Å². The number of hydrogen-bond donors (Lipinski definition) is 4. The van der Waals surface area contributed by atoms with Gasteiger partial charge in [0.05, 0.1) is 34.0 Å². The number of nitrogen functional groups attached to an aromatic ring is 2. The van der Waals surface area contributed by atoms with Gasteiger partial charge < -0.3 is 21.5 Å². The standard InChI is InChI=1S/C18H14N4S.C13H9ClN4.C5H7BO2S/c1-11-4-7-15(23-11)18-17(21-10-16(19)22-18)13-5-6-14-12(9-13)3-2-8-20-14;14-13-12(17-7-11(15)18-13)9-3-4-10-8(6-9)2-1-5-16-10;1-4-2-3-5(9-4)6(7)8/h2-10H,1H3,(H2,19,22);1-7H,(H2,15,18);2-3,7-8H,1H3. The van der Waals surface area contributed by atoms with Crippen LogP contribution in [0.15, 0.2) is 110 Å². The van der Waals surface area contributed by atoms with Crippen LogP contribution in [0.2, 0.25) is 5.15 Å². The highest BCUT2D eigenvalue weighted by Crippen LogP contribution is 2.34. The first-order valence-corrected chi connectivity index (χ1v) is 17.3. The van der Waals surface area contributed by atoms with E-state index in [4.69, 9.17) is 33.1 Å². The molecule has 0 amide bonds. The molecule has 0 saturated heterocycles. The molecule has 0 aliphatic carbocycles. The van der Waals surface area contributed by atoms with E-state index in [1.54, 1.807) is 36.0 Å². The van der Waals surface area contributed by atoms with Crippen molar-refractivity contribution >= 4 is 79.6 Å². The van der Waals surface area contributed by atoms with Crippen LogP contribution in [0.4, 0.5) is 11.6 Å². The fourth-order valence-corrected chi connectivity index (χ4v) is 6.82. The molecule has 0 aliphatic heterocycles. The number of halogens is 1. The van der Waals surface area contributed by atoms with Crippen molar-refractivity contribution in [2.45, 2.75) is 13.8 Å². The molecule has 0 atom stereocenters. The number of rotatable bonds is 4. The summed E-state index contributed by atoms with van der Waals surface area (Å²) in [7, 11) is -1.30. The number of anilines is 2. The lowest BCUT2D eigenvalue weighted by Gasteiger charge is -2.08. The average Bonchev–Trinajstić information content (AvgIpc) is 3.76. The number of hydrogen-bond acceptors (Lipinski definition) is 12. The third-order valence-corrected chi connectivity index (χ3v) is 9.59. The van der Waals surface area contributed by atoms with Crippen LogP contribution in [-0.2, 0) is 0 Å². The van der Waals surface area contributed by atoms with Crippen molar-refractivity contribution in [1.29, 1.82) is 0 Å². The van der Waals surface area contributed by atoms with Crippen LogP contribution in [0.3, 0.4) is 0 Å². The molecule has 0 bridgehead atoms. The molecule has 8 aromatic rings. The Hall–Kier alpha value is -5.31. The second-order valence-electron chi connectivity index (χ2n) is 11.0. The second-order valence-corrected chi connectivity index (χ2v) is 13.9. The Kier molecular flexibility index (Phi) is 10.7. The Bertz CT molecular complexity index is 2420. The van der Waals surface area contributed by atoms with Crippen molar-refractivity contribution in [2.24, 2.45) is 0 Å². The number of thiophene rings is 2. The number of pyridine rings is 2. The zero-order chi connectivity index (χ0) is 35.2. The lowest BCUT2D eigenvalue weighted by Crippen LogP contribution is -2.26. The molecule has 0 aliphatic rings. The summed E-state index contributed by atoms with van der Waals surface area (Å²) in [5, 5.41) is 19.6. The molecule has 8 rings (SSSR count). The molecule has 0 radical (unpaired) electrons. The summed E-state index contributed by atoms with van der Waals surface area (Å²) in [6.07, 6.45) is 6.66. The highest BCUT2D eigenvalue weighted by molar-refractivity contribution is 7.22. The highest BCUT2D eigenvalue weighted by Gasteiger charge is 2.14. The van der Waals surface area contributed by atoms with E-state index >= 15 is 0 Å². The van der Waals surface area contributed by atoms with Gasteiger partial charge in [-0.15, -0.1) is 22.7 Å². The average molecular weight is 717 g/mol.